The number of fused-ring (bicyclic) bond motifs is 1. The Balaban J connectivity index is 2.06. The first-order chi connectivity index (χ1) is 15.1. The molecule has 32 heavy (non-hydrogen) atoms. The summed E-state index contributed by atoms with van der Waals surface area (Å²) in [5.41, 5.74) is 0.547. The Morgan fingerprint density at radius 2 is 1.88 bits per heavy atom. The Kier molecular flexibility index (Phi) is 6.75. The molecule has 0 aliphatic carbocycles. The van der Waals surface area contributed by atoms with Crippen molar-refractivity contribution < 1.29 is 32.2 Å². The van der Waals surface area contributed by atoms with Crippen molar-refractivity contribution in [3.05, 3.63) is 29.5 Å². The van der Waals surface area contributed by atoms with Gasteiger partial charge in [-0.2, -0.15) is 18.3 Å². The second-order valence-corrected chi connectivity index (χ2v) is 7.58. The Morgan fingerprint density at radius 1 is 1.25 bits per heavy atom. The molecule has 176 valence electrons. The molecule has 2 aromatic rings. The lowest BCUT2D eigenvalue weighted by Crippen LogP contribution is -2.37. The van der Waals surface area contributed by atoms with Crippen molar-refractivity contribution in [2.75, 3.05) is 26.6 Å². The molecule has 1 aliphatic rings. The fraction of sp³-hybridized carbons (Fsp3) is 0.524. The van der Waals surface area contributed by atoms with Gasteiger partial charge in [-0.15, -0.1) is 0 Å². The predicted octanol–water partition coefficient (Wildman–Crippen LogP) is 4.10. The highest BCUT2D eigenvalue weighted by molar-refractivity contribution is 5.99. The van der Waals surface area contributed by atoms with E-state index in [4.69, 9.17) is 14.2 Å². The fourth-order valence-corrected chi connectivity index (χ4v) is 3.65. The number of halogens is 3. The number of nitrogens with zero attached hydrogens (tertiary/aromatic N) is 2. The van der Waals surface area contributed by atoms with E-state index in [2.05, 4.69) is 15.7 Å². The minimum atomic E-state index is -4.56. The molecule has 2 N–H and O–H groups in total. The van der Waals surface area contributed by atoms with E-state index in [0.717, 1.165) is 10.9 Å². The SMILES string of the molecule is CC[C@H](C)NC(=O)c1cnn2c1N[C@H](c1cc(OC)c(OC)c(OC)c1)C[C@@H]2C(F)(F)F. The van der Waals surface area contributed by atoms with E-state index in [-0.39, 0.29) is 23.8 Å². The first kappa shape index (κ1) is 23.6. The molecule has 0 unspecified atom stereocenters. The summed E-state index contributed by atoms with van der Waals surface area (Å²) in [4.78, 5) is 12.7. The summed E-state index contributed by atoms with van der Waals surface area (Å²) in [5, 5.41) is 9.72. The normalized spacial score (nSPS) is 18.9. The summed E-state index contributed by atoms with van der Waals surface area (Å²) in [6, 6.07) is 0.364. The molecule has 3 rings (SSSR count). The number of benzene rings is 1. The lowest BCUT2D eigenvalue weighted by atomic mass is 9.95. The van der Waals surface area contributed by atoms with Crippen LogP contribution in [0.1, 0.15) is 54.7 Å². The summed E-state index contributed by atoms with van der Waals surface area (Å²) < 4.78 is 58.6. The number of hydrogen-bond acceptors (Lipinski definition) is 6. The first-order valence-electron chi connectivity index (χ1n) is 10.2. The quantitative estimate of drug-likeness (QED) is 0.653. The second kappa shape index (κ2) is 9.17. The van der Waals surface area contributed by atoms with Crippen LogP contribution in [0.3, 0.4) is 0 Å². The number of carbonyl (C=O) groups excluding carboxylic acids is 1. The molecular formula is C21H27F3N4O4. The van der Waals surface area contributed by atoms with Gasteiger partial charge in [0, 0.05) is 12.5 Å². The largest absolute Gasteiger partial charge is 0.493 e. The van der Waals surface area contributed by atoms with Crippen molar-refractivity contribution in [1.29, 1.82) is 0 Å². The zero-order valence-corrected chi connectivity index (χ0v) is 18.5. The molecule has 0 fully saturated rings. The molecule has 1 aromatic carbocycles. The van der Waals surface area contributed by atoms with Crippen molar-refractivity contribution in [2.24, 2.45) is 0 Å². The standard InChI is InChI=1S/C21H27F3N4O4/c1-6-11(2)26-20(29)13-10-25-28-17(21(22,23)24)9-14(27-19(13)28)12-7-15(30-3)18(32-5)16(8-12)31-4/h7-8,10-11,14,17,27H,6,9H2,1-5H3,(H,26,29)/t11-,14-,17+/m0/s1. The predicted molar refractivity (Wildman–Crippen MR) is 112 cm³/mol. The van der Waals surface area contributed by atoms with Crippen LogP contribution in [0.25, 0.3) is 0 Å². The molecule has 1 aliphatic heterocycles. The highest BCUT2D eigenvalue weighted by atomic mass is 19.4. The van der Waals surface area contributed by atoms with Gasteiger partial charge in [-0.1, -0.05) is 6.92 Å². The lowest BCUT2D eigenvalue weighted by Gasteiger charge is -2.34. The molecule has 0 saturated carbocycles. The summed E-state index contributed by atoms with van der Waals surface area (Å²) in [6.45, 7) is 3.72. The van der Waals surface area contributed by atoms with Crippen LogP contribution in [0.15, 0.2) is 18.3 Å². The molecule has 0 radical (unpaired) electrons. The van der Waals surface area contributed by atoms with Gasteiger partial charge in [-0.05, 0) is 31.0 Å². The van der Waals surface area contributed by atoms with E-state index in [1.807, 2.05) is 13.8 Å². The Hall–Kier alpha value is -3.11. The molecule has 8 nitrogen and oxygen atoms in total. The molecular weight excluding hydrogens is 429 g/mol. The van der Waals surface area contributed by atoms with Crippen molar-refractivity contribution in [1.82, 2.24) is 15.1 Å². The van der Waals surface area contributed by atoms with Crippen LogP contribution < -0.4 is 24.8 Å². The highest BCUT2D eigenvalue weighted by Gasteiger charge is 2.47. The van der Waals surface area contributed by atoms with Crippen LogP contribution >= 0.6 is 0 Å². The number of aromatic nitrogens is 2. The monoisotopic (exact) mass is 456 g/mol. The number of anilines is 1. The van der Waals surface area contributed by atoms with Gasteiger partial charge < -0.3 is 24.8 Å². The van der Waals surface area contributed by atoms with Crippen LogP contribution in [-0.2, 0) is 0 Å². The number of rotatable bonds is 7. The van der Waals surface area contributed by atoms with E-state index in [1.165, 1.54) is 21.3 Å². The summed E-state index contributed by atoms with van der Waals surface area (Å²) in [7, 11) is 4.31. The van der Waals surface area contributed by atoms with Crippen LogP contribution in [0.4, 0.5) is 19.0 Å². The Morgan fingerprint density at radius 3 is 2.38 bits per heavy atom. The van der Waals surface area contributed by atoms with Gasteiger partial charge in [0.1, 0.15) is 11.4 Å². The van der Waals surface area contributed by atoms with Gasteiger partial charge in [0.2, 0.25) is 5.75 Å². The van der Waals surface area contributed by atoms with Crippen molar-refractivity contribution >= 4 is 11.7 Å². The number of methoxy groups -OCH3 is 3. The molecule has 0 bridgehead atoms. The molecule has 0 saturated heterocycles. The zero-order chi connectivity index (χ0) is 23.6. The van der Waals surface area contributed by atoms with Crippen LogP contribution in [0.5, 0.6) is 17.2 Å². The zero-order valence-electron chi connectivity index (χ0n) is 18.5. The summed E-state index contributed by atoms with van der Waals surface area (Å²) in [6.07, 6.45) is -3.05. The maximum Gasteiger partial charge on any atom is 0.410 e. The van der Waals surface area contributed by atoms with Crippen molar-refractivity contribution in [3.63, 3.8) is 0 Å². The van der Waals surface area contributed by atoms with Crippen LogP contribution in [0, 0.1) is 0 Å². The van der Waals surface area contributed by atoms with Gasteiger partial charge in [0.05, 0.1) is 33.6 Å². The number of ether oxygens (including phenoxy) is 3. The van der Waals surface area contributed by atoms with Crippen LogP contribution in [0.2, 0.25) is 0 Å². The molecule has 0 spiro atoms. The van der Waals surface area contributed by atoms with Gasteiger partial charge in [-0.25, -0.2) is 4.68 Å². The van der Waals surface area contributed by atoms with Crippen molar-refractivity contribution in [2.45, 2.75) is 51.0 Å². The van der Waals surface area contributed by atoms with E-state index < -0.39 is 24.2 Å². The maximum atomic E-state index is 13.9. The maximum absolute atomic E-state index is 13.9. The number of amides is 1. The third-order valence-electron chi connectivity index (χ3n) is 5.56. The second-order valence-electron chi connectivity index (χ2n) is 7.58. The van der Waals surface area contributed by atoms with E-state index >= 15 is 0 Å². The topological polar surface area (TPSA) is 86.6 Å². The number of nitrogens with one attached hydrogen (secondary N) is 2. The minimum Gasteiger partial charge on any atom is -0.493 e. The summed E-state index contributed by atoms with van der Waals surface area (Å²) in [5.74, 6) is 0.500. The van der Waals surface area contributed by atoms with Gasteiger partial charge in [0.15, 0.2) is 17.5 Å². The van der Waals surface area contributed by atoms with Gasteiger partial charge in [-0.3, -0.25) is 4.79 Å². The van der Waals surface area contributed by atoms with E-state index in [9.17, 15) is 18.0 Å². The number of carbonyl (C=O) groups is 1. The average molecular weight is 456 g/mol. The first-order valence-corrected chi connectivity index (χ1v) is 10.2. The van der Waals surface area contributed by atoms with Gasteiger partial charge >= 0.3 is 6.18 Å². The Labute approximate surface area is 184 Å². The molecule has 3 atom stereocenters. The molecule has 11 heteroatoms. The third kappa shape index (κ3) is 4.42. The lowest BCUT2D eigenvalue weighted by molar-refractivity contribution is -0.173. The van der Waals surface area contributed by atoms with Crippen LogP contribution in [-0.4, -0.2) is 49.2 Å². The third-order valence-corrected chi connectivity index (χ3v) is 5.56. The fourth-order valence-electron chi connectivity index (χ4n) is 3.65. The van der Waals surface area contributed by atoms with Crippen molar-refractivity contribution in [3.8, 4) is 17.2 Å². The Bertz CT molecular complexity index is 951. The minimum absolute atomic E-state index is 0.0122. The van der Waals surface area contributed by atoms with E-state index in [0.29, 0.717) is 29.2 Å². The molecule has 2 heterocycles. The molecule has 1 amide bonds. The van der Waals surface area contributed by atoms with Gasteiger partial charge in [0.25, 0.3) is 5.91 Å². The average Bonchev–Trinajstić information content (AvgIpc) is 3.20. The number of hydrogen-bond donors (Lipinski definition) is 2. The number of alkyl halides is 3. The summed E-state index contributed by atoms with van der Waals surface area (Å²) >= 11 is 0. The smallest absolute Gasteiger partial charge is 0.410 e. The highest BCUT2D eigenvalue weighted by Crippen LogP contribution is 2.47. The molecule has 1 aromatic heterocycles. The van der Waals surface area contributed by atoms with E-state index in [1.54, 1.807) is 12.1 Å².